The Labute approximate surface area is 262 Å². The van der Waals surface area contributed by atoms with Crippen LogP contribution in [0.15, 0.2) is 71.6 Å². The second-order valence-corrected chi connectivity index (χ2v) is 13.7. The number of benzene rings is 2. The molecule has 0 saturated carbocycles. The number of thioether (sulfide) groups is 1. The average Bonchev–Trinajstić information content (AvgIpc) is 3.66. The van der Waals surface area contributed by atoms with Gasteiger partial charge in [0.25, 0.3) is 0 Å². The van der Waals surface area contributed by atoms with Gasteiger partial charge in [0.1, 0.15) is 46.9 Å². The van der Waals surface area contributed by atoms with Crippen LogP contribution >= 0.6 is 27.7 Å². The van der Waals surface area contributed by atoms with Crippen LogP contribution in [-0.4, -0.2) is 49.9 Å². The molecule has 3 N–H and O–H groups in total. The molecule has 0 aliphatic carbocycles. The molecular formula is C32H33BrN6O3S. The smallest absolute Gasteiger partial charge is 0.163 e. The van der Waals surface area contributed by atoms with Gasteiger partial charge in [-0.25, -0.2) is 15.0 Å². The predicted molar refractivity (Wildman–Crippen MR) is 174 cm³/mol. The van der Waals surface area contributed by atoms with Crippen LogP contribution in [-0.2, 0) is 22.4 Å². The van der Waals surface area contributed by atoms with Crippen LogP contribution in [0.25, 0.3) is 21.9 Å². The molecule has 2 aliphatic rings. The monoisotopic (exact) mass is 660 g/mol. The molecule has 5 aromatic rings. The molecule has 43 heavy (non-hydrogen) atoms. The number of hydrogen-bond donors (Lipinski definition) is 2. The lowest BCUT2D eigenvalue weighted by atomic mass is 10.0. The van der Waals surface area contributed by atoms with Gasteiger partial charge in [-0.05, 0) is 84.1 Å². The van der Waals surface area contributed by atoms with Crippen LogP contribution in [0.2, 0.25) is 0 Å². The van der Waals surface area contributed by atoms with Crippen LogP contribution in [0.1, 0.15) is 36.8 Å². The van der Waals surface area contributed by atoms with Crippen molar-refractivity contribution in [3.05, 3.63) is 82.7 Å². The van der Waals surface area contributed by atoms with Gasteiger partial charge >= 0.3 is 0 Å². The Bertz CT molecular complexity index is 1800. The summed E-state index contributed by atoms with van der Waals surface area (Å²) in [6.45, 7) is 4.65. The number of nitrogen functional groups attached to an aromatic ring is 1. The molecule has 0 bridgehead atoms. The van der Waals surface area contributed by atoms with Gasteiger partial charge in [0.15, 0.2) is 5.79 Å². The lowest BCUT2D eigenvalue weighted by Crippen LogP contribution is -2.29. The van der Waals surface area contributed by atoms with E-state index in [0.29, 0.717) is 12.4 Å². The van der Waals surface area contributed by atoms with E-state index in [4.69, 9.17) is 24.9 Å². The minimum atomic E-state index is -0.640. The van der Waals surface area contributed by atoms with E-state index >= 15 is 0 Å². The normalized spacial score (nSPS) is 22.7. The highest BCUT2D eigenvalue weighted by Crippen LogP contribution is 2.52. The average molecular weight is 662 g/mol. The maximum atomic E-state index is 6.47. The maximum Gasteiger partial charge on any atom is 0.163 e. The Morgan fingerprint density at radius 3 is 2.65 bits per heavy atom. The molecule has 9 nitrogen and oxygen atoms in total. The molecule has 0 amide bonds. The summed E-state index contributed by atoms with van der Waals surface area (Å²) in [6.07, 6.45) is 5.29. The van der Waals surface area contributed by atoms with Crippen LogP contribution in [0.3, 0.4) is 0 Å². The number of nitrogens with one attached hydrogen (secondary N) is 1. The van der Waals surface area contributed by atoms with E-state index in [2.05, 4.69) is 72.2 Å². The second-order valence-electron chi connectivity index (χ2n) is 11.4. The van der Waals surface area contributed by atoms with E-state index in [1.165, 1.54) is 11.9 Å². The van der Waals surface area contributed by atoms with Crippen molar-refractivity contribution in [2.75, 3.05) is 18.2 Å². The fourth-order valence-corrected chi connectivity index (χ4v) is 8.14. The number of hydrogen-bond acceptors (Lipinski definition) is 9. The largest absolute Gasteiger partial charge is 0.497 e. The van der Waals surface area contributed by atoms with Crippen LogP contribution < -0.4 is 15.8 Å². The van der Waals surface area contributed by atoms with Crippen molar-refractivity contribution in [3.63, 3.8) is 0 Å². The van der Waals surface area contributed by atoms with Crippen molar-refractivity contribution < 1.29 is 14.2 Å². The standard InChI is InChI=1S/C32H33BrN6O3S/c1-32(2)41-26-25(43-31(27(26)42-32)39-13-12-22-28(34)36-17-37-30(22)39)11-7-18-4-8-20-15-23(33)29(38-24(20)14-18)35-16-19-5-9-21(40-3)10-6-19/h4-6,8-10,12-15,17,25-27,31H,7,11,16H2,1-3H3,(H,35,38)(H2,34,36,37)/t25-,26-,27-,31-/m1/s1. The molecule has 4 atom stereocenters. The van der Waals surface area contributed by atoms with E-state index in [9.17, 15) is 0 Å². The maximum absolute atomic E-state index is 6.47. The number of halogens is 1. The number of aromatic nitrogens is 4. The quantitative estimate of drug-likeness (QED) is 0.188. The van der Waals surface area contributed by atoms with E-state index in [-0.39, 0.29) is 22.8 Å². The highest BCUT2D eigenvalue weighted by atomic mass is 79.9. The van der Waals surface area contributed by atoms with Gasteiger partial charge in [0.2, 0.25) is 0 Å². The van der Waals surface area contributed by atoms with Gasteiger partial charge in [-0.2, -0.15) is 0 Å². The molecule has 3 aromatic heterocycles. The number of anilines is 2. The van der Waals surface area contributed by atoms with Crippen molar-refractivity contribution in [1.82, 2.24) is 19.5 Å². The van der Waals surface area contributed by atoms with Gasteiger partial charge in [0, 0.05) is 23.4 Å². The molecule has 2 saturated heterocycles. The summed E-state index contributed by atoms with van der Waals surface area (Å²) < 4.78 is 21.3. The Balaban J connectivity index is 1.08. The Morgan fingerprint density at radius 1 is 1.05 bits per heavy atom. The molecule has 11 heteroatoms. The lowest BCUT2D eigenvalue weighted by molar-refractivity contribution is -0.148. The molecule has 0 radical (unpaired) electrons. The van der Waals surface area contributed by atoms with E-state index in [1.54, 1.807) is 7.11 Å². The molecule has 0 spiro atoms. The van der Waals surface area contributed by atoms with Crippen molar-refractivity contribution in [2.45, 2.75) is 61.9 Å². The summed E-state index contributed by atoms with van der Waals surface area (Å²) in [5, 5.41) is 5.70. The third kappa shape index (κ3) is 5.55. The third-order valence-electron chi connectivity index (χ3n) is 8.11. The topological polar surface area (TPSA) is 109 Å². The van der Waals surface area contributed by atoms with Gasteiger partial charge in [-0.1, -0.05) is 24.3 Å². The minimum Gasteiger partial charge on any atom is -0.497 e. The van der Waals surface area contributed by atoms with E-state index in [1.807, 2.05) is 50.0 Å². The number of pyridine rings is 1. The second kappa shape index (κ2) is 11.3. The highest BCUT2D eigenvalue weighted by Gasteiger charge is 2.55. The third-order valence-corrected chi connectivity index (χ3v) is 10.3. The summed E-state index contributed by atoms with van der Waals surface area (Å²) in [7, 11) is 1.67. The van der Waals surface area contributed by atoms with E-state index < -0.39 is 5.79 Å². The number of nitrogens with zero attached hydrogens (tertiary/aromatic N) is 4. The number of aryl methyl sites for hydroxylation is 1. The first-order valence-electron chi connectivity index (χ1n) is 14.3. The molecule has 2 aromatic carbocycles. The number of ether oxygens (including phenoxy) is 3. The van der Waals surface area contributed by atoms with Crippen molar-refractivity contribution in [2.24, 2.45) is 0 Å². The Hall–Kier alpha value is -3.38. The summed E-state index contributed by atoms with van der Waals surface area (Å²) in [4.78, 5) is 13.6. The molecule has 222 valence electrons. The molecule has 2 aliphatic heterocycles. The van der Waals surface area contributed by atoms with Crippen molar-refractivity contribution in [1.29, 1.82) is 0 Å². The fraction of sp³-hybridized carbons (Fsp3) is 0.344. The molecule has 0 unspecified atom stereocenters. The zero-order valence-electron chi connectivity index (χ0n) is 24.2. The summed E-state index contributed by atoms with van der Waals surface area (Å²) >= 11 is 5.58. The summed E-state index contributed by atoms with van der Waals surface area (Å²) in [6, 6.07) is 18.7. The van der Waals surface area contributed by atoms with Crippen molar-refractivity contribution >= 4 is 61.3 Å². The zero-order valence-corrected chi connectivity index (χ0v) is 26.6. The van der Waals surface area contributed by atoms with Crippen LogP contribution in [0, 0.1) is 0 Å². The molecular weight excluding hydrogens is 628 g/mol. The molecule has 2 fully saturated rings. The first kappa shape index (κ1) is 28.4. The van der Waals surface area contributed by atoms with Gasteiger partial charge in [-0.3, -0.25) is 0 Å². The van der Waals surface area contributed by atoms with Crippen LogP contribution in [0.4, 0.5) is 11.6 Å². The fourth-order valence-electron chi connectivity index (χ4n) is 6.02. The SMILES string of the molecule is COc1ccc(CNc2nc3cc(CC[C@H]4S[C@@H](n5ccc6c(N)ncnc65)[C@@H]5OC(C)(C)O[C@@H]54)ccc3cc2Br)cc1. The summed E-state index contributed by atoms with van der Waals surface area (Å²) in [5.74, 6) is 1.51. The molecule has 5 heterocycles. The molecule has 7 rings (SSSR count). The van der Waals surface area contributed by atoms with Gasteiger partial charge < -0.3 is 29.8 Å². The van der Waals surface area contributed by atoms with E-state index in [0.717, 1.165) is 56.4 Å². The van der Waals surface area contributed by atoms with Gasteiger partial charge in [-0.15, -0.1) is 11.8 Å². The summed E-state index contributed by atoms with van der Waals surface area (Å²) in [5.41, 5.74) is 10.3. The minimum absolute atomic E-state index is 0.0232. The number of fused-ring (bicyclic) bond motifs is 3. The first-order chi connectivity index (χ1) is 20.8. The lowest BCUT2D eigenvalue weighted by Gasteiger charge is -2.24. The number of rotatable bonds is 8. The van der Waals surface area contributed by atoms with Crippen LogP contribution in [0.5, 0.6) is 5.75 Å². The highest BCUT2D eigenvalue weighted by molar-refractivity contribution is 9.10. The Morgan fingerprint density at radius 2 is 1.84 bits per heavy atom. The predicted octanol–water partition coefficient (Wildman–Crippen LogP) is 6.71. The first-order valence-corrected chi connectivity index (χ1v) is 16.1. The number of methoxy groups -OCH3 is 1. The number of nitrogens with two attached hydrogens (primary N) is 1. The van der Waals surface area contributed by atoms with Crippen molar-refractivity contribution in [3.8, 4) is 5.75 Å². The zero-order chi connectivity index (χ0) is 29.7. The Kier molecular flexibility index (Phi) is 7.45. The van der Waals surface area contributed by atoms with Gasteiger partial charge in [0.05, 0.1) is 22.5 Å².